The number of para-hydroxylation sites is 2. The van der Waals surface area contributed by atoms with Crippen LogP contribution in [-0.2, 0) is 35.6 Å². The van der Waals surface area contributed by atoms with Gasteiger partial charge in [0, 0.05) is 74.0 Å². The van der Waals surface area contributed by atoms with E-state index >= 15 is 0 Å². The minimum Gasteiger partial charge on any atom is -0.493 e. The van der Waals surface area contributed by atoms with Crippen molar-refractivity contribution in [3.63, 3.8) is 0 Å². The summed E-state index contributed by atoms with van der Waals surface area (Å²) < 4.78 is 30.9. The number of carbonyl (C=O) groups is 3. The first-order valence-corrected chi connectivity index (χ1v) is 22.8. The Balaban J connectivity index is 1.06. The second-order valence-electron chi connectivity index (χ2n) is 18.6. The number of aliphatic carboxylic acids is 1. The quantitative estimate of drug-likeness (QED) is 0.0793. The van der Waals surface area contributed by atoms with Gasteiger partial charge in [0.25, 0.3) is 11.8 Å². The predicted molar refractivity (Wildman–Crippen MR) is 265 cm³/mol. The topological polar surface area (TPSA) is 152 Å². The zero-order valence-electron chi connectivity index (χ0n) is 39.8. The van der Waals surface area contributed by atoms with Gasteiger partial charge in [0.1, 0.15) is 13.2 Å². The van der Waals surface area contributed by atoms with E-state index in [9.17, 15) is 19.5 Å². The zero-order valence-corrected chi connectivity index (χ0v) is 39.8. The highest BCUT2D eigenvalue weighted by Gasteiger charge is 2.37. The van der Waals surface area contributed by atoms with E-state index < -0.39 is 17.1 Å². The average Bonchev–Trinajstić information content (AvgIpc) is 3.91. The number of benzene rings is 5. The number of aliphatic imine (C=N–C) groups is 2. The van der Waals surface area contributed by atoms with E-state index in [2.05, 4.69) is 42.6 Å². The van der Waals surface area contributed by atoms with Gasteiger partial charge in [-0.1, -0.05) is 36.4 Å². The molecule has 1 N–H and O–H groups in total. The van der Waals surface area contributed by atoms with Crippen LogP contribution in [0.3, 0.4) is 0 Å². The third-order valence-corrected chi connectivity index (χ3v) is 13.2. The van der Waals surface area contributed by atoms with Crippen molar-refractivity contribution in [1.82, 2.24) is 0 Å². The van der Waals surface area contributed by atoms with Gasteiger partial charge in [-0.15, -0.1) is 0 Å². The number of methoxy groups -OCH3 is 2. The van der Waals surface area contributed by atoms with Gasteiger partial charge in [0.15, 0.2) is 23.0 Å². The summed E-state index contributed by atoms with van der Waals surface area (Å²) in [6.45, 7) is 13.1. The maximum Gasteiger partial charge on any atom is 0.303 e. The van der Waals surface area contributed by atoms with Crippen LogP contribution in [0.25, 0.3) is 0 Å². The van der Waals surface area contributed by atoms with Gasteiger partial charge in [0.2, 0.25) is 0 Å². The number of carbonyl (C=O) groups excluding carboxylic acids is 2. The maximum atomic E-state index is 14.1. The Hall–Kier alpha value is -7.19. The number of amides is 2. The molecular formula is C54H59N5O9. The molecule has 2 amide bonds. The van der Waals surface area contributed by atoms with Crippen molar-refractivity contribution in [3.05, 3.63) is 124 Å². The Morgan fingerprint density at radius 2 is 1.49 bits per heavy atom. The molecule has 0 bridgehead atoms. The Kier molecular flexibility index (Phi) is 13.6. The number of carboxylic acid groups (broad SMARTS) is 1. The van der Waals surface area contributed by atoms with E-state index in [-0.39, 0.29) is 37.5 Å². The van der Waals surface area contributed by atoms with Gasteiger partial charge >= 0.3 is 5.97 Å². The molecule has 0 aromatic heterocycles. The molecule has 0 spiro atoms. The summed E-state index contributed by atoms with van der Waals surface area (Å²) in [6, 6.07) is 28.5. The number of hydrogen-bond acceptors (Lipinski definition) is 11. The molecule has 0 fully saturated rings. The highest BCUT2D eigenvalue weighted by atomic mass is 16.5. The molecule has 1 atom stereocenters. The summed E-state index contributed by atoms with van der Waals surface area (Å²) in [5.74, 6) is 0.390. The molecule has 3 aliphatic heterocycles. The minimum absolute atomic E-state index is 0.0277. The second kappa shape index (κ2) is 19.6. The van der Waals surface area contributed by atoms with Crippen LogP contribution in [0.15, 0.2) is 101 Å². The van der Waals surface area contributed by atoms with Crippen LogP contribution in [0.4, 0.5) is 28.4 Å². The standard InChI is InChI=1S/C54H59N5O9/c1-53(2,20-22-68-54(3,4)19-17-50(60)61)57(6)38-24-34(32-66-48-29-42(55-5)40(27-46(48)64-7)51(62)58-21-18-36-13-9-11-15-44(36)58)23-35(25-38)33-67-49-30-43-41(28-47(49)65-8)52(63)59-39(31-56-43)26-37-14-10-12-16-45(37)59/h9-16,23-25,27-31,39H,5,17-22,26,32-33H2,1-4,6-8H3,(H,60,61)/t39-/m0/s1. The summed E-state index contributed by atoms with van der Waals surface area (Å²) >= 11 is 0. The van der Waals surface area contributed by atoms with Crippen LogP contribution in [0, 0.1) is 0 Å². The lowest BCUT2D eigenvalue weighted by Crippen LogP contribution is -2.43. The average molecular weight is 922 g/mol. The molecule has 0 unspecified atom stereocenters. The fraction of sp³-hybridized carbons (Fsp3) is 0.352. The fourth-order valence-electron chi connectivity index (χ4n) is 9.01. The molecule has 0 saturated heterocycles. The minimum atomic E-state index is -0.853. The zero-order chi connectivity index (χ0) is 48.3. The summed E-state index contributed by atoms with van der Waals surface area (Å²) in [6.07, 6.45) is 4.35. The van der Waals surface area contributed by atoms with Crippen molar-refractivity contribution >= 4 is 59.2 Å². The first-order valence-electron chi connectivity index (χ1n) is 22.8. The van der Waals surface area contributed by atoms with E-state index in [1.807, 2.05) is 81.7 Å². The van der Waals surface area contributed by atoms with Gasteiger partial charge in [-0.05, 0) is 118 Å². The first-order chi connectivity index (χ1) is 32.6. The van der Waals surface area contributed by atoms with Crippen LogP contribution in [0.5, 0.6) is 23.0 Å². The second-order valence-corrected chi connectivity index (χ2v) is 18.6. The third-order valence-electron chi connectivity index (χ3n) is 13.2. The van der Waals surface area contributed by atoms with Crippen molar-refractivity contribution in [2.45, 2.75) is 90.2 Å². The molecule has 0 radical (unpaired) electrons. The van der Waals surface area contributed by atoms with E-state index in [4.69, 9.17) is 28.7 Å². The third kappa shape index (κ3) is 9.91. The summed E-state index contributed by atoms with van der Waals surface area (Å²) in [5.41, 5.74) is 7.16. The lowest BCUT2D eigenvalue weighted by molar-refractivity contribution is -0.138. The van der Waals surface area contributed by atoms with Crippen LogP contribution >= 0.6 is 0 Å². The maximum absolute atomic E-state index is 14.1. The van der Waals surface area contributed by atoms with Gasteiger partial charge in [-0.25, -0.2) is 0 Å². The van der Waals surface area contributed by atoms with Crippen molar-refractivity contribution in [2.75, 3.05) is 49.1 Å². The number of rotatable bonds is 19. The fourth-order valence-corrected chi connectivity index (χ4v) is 9.01. The molecule has 68 heavy (non-hydrogen) atoms. The van der Waals surface area contributed by atoms with Gasteiger partial charge < -0.3 is 38.6 Å². The van der Waals surface area contributed by atoms with E-state index in [1.165, 1.54) is 7.11 Å². The van der Waals surface area contributed by atoms with Crippen LogP contribution in [-0.4, -0.2) is 87.4 Å². The van der Waals surface area contributed by atoms with Crippen molar-refractivity contribution in [3.8, 4) is 23.0 Å². The molecule has 5 aromatic rings. The largest absolute Gasteiger partial charge is 0.493 e. The molecule has 0 aliphatic carbocycles. The normalized spacial score (nSPS) is 14.9. The number of hydrogen-bond donors (Lipinski definition) is 1. The Morgan fingerprint density at radius 3 is 2.16 bits per heavy atom. The SMILES string of the molecule is C=Nc1cc(OCc2cc(COc3cc4c(cc3OC)C(=O)N3c5ccccc5C[C@H]3C=N4)cc(N(C)C(C)(C)CCOC(C)(C)CCC(=O)O)c2)c(OC)cc1C(=O)N1CCc2ccccc21. The van der Waals surface area contributed by atoms with Crippen molar-refractivity contribution in [1.29, 1.82) is 0 Å². The Morgan fingerprint density at radius 1 is 0.838 bits per heavy atom. The molecule has 354 valence electrons. The van der Waals surface area contributed by atoms with Crippen LogP contribution < -0.4 is 33.6 Å². The number of nitrogens with zero attached hydrogens (tertiary/aromatic N) is 5. The highest BCUT2D eigenvalue weighted by Crippen LogP contribution is 2.42. The van der Waals surface area contributed by atoms with Gasteiger partial charge in [-0.3, -0.25) is 29.3 Å². The van der Waals surface area contributed by atoms with E-state index in [0.717, 1.165) is 45.7 Å². The molecule has 0 saturated carbocycles. The van der Waals surface area contributed by atoms with E-state index in [1.54, 1.807) is 41.2 Å². The number of fused-ring (bicyclic) bond motifs is 5. The predicted octanol–water partition coefficient (Wildman–Crippen LogP) is 9.95. The number of anilines is 3. The van der Waals surface area contributed by atoms with Gasteiger partial charge in [0.05, 0.1) is 48.4 Å². The van der Waals surface area contributed by atoms with Crippen LogP contribution in [0.1, 0.15) is 89.9 Å². The lowest BCUT2D eigenvalue weighted by atomic mass is 9.96. The molecule has 8 rings (SSSR count). The smallest absolute Gasteiger partial charge is 0.303 e. The number of ether oxygens (including phenoxy) is 5. The molecule has 5 aromatic carbocycles. The molecule has 14 nitrogen and oxygen atoms in total. The van der Waals surface area contributed by atoms with Gasteiger partial charge in [-0.2, -0.15) is 0 Å². The monoisotopic (exact) mass is 921 g/mol. The number of carboxylic acids is 1. The summed E-state index contributed by atoms with van der Waals surface area (Å²) in [5, 5.41) is 9.24. The van der Waals surface area contributed by atoms with E-state index in [0.29, 0.717) is 77.9 Å². The van der Waals surface area contributed by atoms with Crippen molar-refractivity contribution in [2.24, 2.45) is 9.98 Å². The van der Waals surface area contributed by atoms with Crippen molar-refractivity contribution < 1.29 is 43.2 Å². The molecule has 3 aliphatic rings. The molecule has 14 heteroatoms. The molecule has 3 heterocycles. The Bertz CT molecular complexity index is 2780. The van der Waals surface area contributed by atoms with Crippen LogP contribution in [0.2, 0.25) is 0 Å². The molecular weight excluding hydrogens is 863 g/mol. The lowest BCUT2D eigenvalue weighted by Gasteiger charge is -2.39. The highest BCUT2D eigenvalue weighted by molar-refractivity contribution is 6.15. The summed E-state index contributed by atoms with van der Waals surface area (Å²) in [4.78, 5) is 54.1. The Labute approximate surface area is 397 Å². The summed E-state index contributed by atoms with van der Waals surface area (Å²) in [7, 11) is 5.10. The first kappa shape index (κ1) is 47.3.